The number of halogens is 3. The highest BCUT2D eigenvalue weighted by Crippen LogP contribution is 2.24. The second-order valence-corrected chi connectivity index (χ2v) is 11.2. The van der Waals surface area contributed by atoms with Crippen molar-refractivity contribution in [2.45, 2.75) is 32.4 Å². The Morgan fingerprint density at radius 2 is 1.64 bits per heavy atom. The zero-order chi connectivity index (χ0) is 28.4. The van der Waals surface area contributed by atoms with Crippen molar-refractivity contribution in [3.8, 4) is 5.69 Å². The first kappa shape index (κ1) is 28.8. The molecule has 3 aromatic carbocycles. The number of nitrogens with one attached hydrogen (secondary N) is 1. The zero-order valence-corrected chi connectivity index (χ0v) is 24.9. The van der Waals surface area contributed by atoms with Crippen LogP contribution in [0.4, 0.5) is 0 Å². The second-order valence-electron chi connectivity index (χ2n) is 9.12. The fourth-order valence-corrected chi connectivity index (χ4v) is 5.19. The predicted octanol–water partition coefficient (Wildman–Crippen LogP) is 4.89. The van der Waals surface area contributed by atoms with Crippen LogP contribution in [0.25, 0.3) is 16.6 Å². The highest BCUT2D eigenvalue weighted by atomic mass is 127. The molecule has 4 rings (SSSR count). The topological polar surface area (TPSA) is 99.4 Å². The molecule has 0 saturated heterocycles. The van der Waals surface area contributed by atoms with Gasteiger partial charge in [-0.25, -0.2) is 14.2 Å². The lowest BCUT2D eigenvalue weighted by Gasteiger charge is -2.20. The van der Waals surface area contributed by atoms with Gasteiger partial charge < -0.3 is 10.1 Å². The van der Waals surface area contributed by atoms with E-state index in [0.29, 0.717) is 22.2 Å². The summed E-state index contributed by atoms with van der Waals surface area (Å²) in [6.07, 6.45) is -0.315. The SMILES string of the molecule is CC(C)OC(=O)[C@H](Cc1ccc(-n2c(=O)c3cc(I)ccc3n(C)c2=O)cc1)NC(=O)c1c(Cl)cccc1Cl. The van der Waals surface area contributed by atoms with E-state index < -0.39 is 35.3 Å². The van der Waals surface area contributed by atoms with E-state index in [9.17, 15) is 19.2 Å². The Morgan fingerprint density at radius 3 is 2.26 bits per heavy atom. The number of ether oxygens (including phenoxy) is 1. The van der Waals surface area contributed by atoms with Crippen molar-refractivity contribution in [3.63, 3.8) is 0 Å². The summed E-state index contributed by atoms with van der Waals surface area (Å²) in [5.41, 5.74) is 0.720. The van der Waals surface area contributed by atoms with Crippen molar-refractivity contribution in [1.29, 1.82) is 0 Å². The van der Waals surface area contributed by atoms with E-state index in [4.69, 9.17) is 27.9 Å². The van der Waals surface area contributed by atoms with Crippen LogP contribution in [0.3, 0.4) is 0 Å². The number of carbonyl (C=O) groups is 2. The van der Waals surface area contributed by atoms with Crippen LogP contribution in [0, 0.1) is 3.57 Å². The van der Waals surface area contributed by atoms with Gasteiger partial charge in [0, 0.05) is 17.0 Å². The van der Waals surface area contributed by atoms with Gasteiger partial charge in [-0.2, -0.15) is 0 Å². The summed E-state index contributed by atoms with van der Waals surface area (Å²) in [4.78, 5) is 52.1. The number of benzene rings is 3. The van der Waals surface area contributed by atoms with Crippen LogP contribution >= 0.6 is 45.8 Å². The predicted molar refractivity (Wildman–Crippen MR) is 160 cm³/mol. The van der Waals surface area contributed by atoms with Gasteiger partial charge in [-0.3, -0.25) is 14.2 Å². The third-order valence-electron chi connectivity index (χ3n) is 6.00. The molecule has 0 unspecified atom stereocenters. The molecule has 0 spiro atoms. The lowest BCUT2D eigenvalue weighted by molar-refractivity contribution is -0.149. The quantitative estimate of drug-likeness (QED) is 0.222. The summed E-state index contributed by atoms with van der Waals surface area (Å²) < 4.78 is 8.76. The first-order valence-electron chi connectivity index (χ1n) is 11.9. The number of nitrogens with zero attached hydrogens (tertiary/aromatic N) is 2. The van der Waals surface area contributed by atoms with Crippen LogP contribution in [0.15, 0.2) is 70.3 Å². The number of carbonyl (C=O) groups excluding carboxylic acids is 2. The molecular weight excluding hydrogens is 656 g/mol. The molecule has 11 heteroatoms. The number of rotatable bonds is 7. The van der Waals surface area contributed by atoms with E-state index in [1.807, 2.05) is 6.07 Å². The molecule has 0 fully saturated rings. The lowest BCUT2D eigenvalue weighted by Crippen LogP contribution is -2.44. The number of fused-ring (bicyclic) bond motifs is 1. The van der Waals surface area contributed by atoms with Gasteiger partial charge in [0.05, 0.1) is 38.3 Å². The number of hydrogen-bond donors (Lipinski definition) is 1. The third-order valence-corrected chi connectivity index (χ3v) is 7.30. The Balaban J connectivity index is 1.66. The first-order chi connectivity index (χ1) is 18.5. The van der Waals surface area contributed by atoms with Gasteiger partial charge in [0.15, 0.2) is 0 Å². The number of hydrogen-bond acceptors (Lipinski definition) is 5. The van der Waals surface area contributed by atoms with Crippen molar-refractivity contribution < 1.29 is 14.3 Å². The van der Waals surface area contributed by atoms with Crippen molar-refractivity contribution in [1.82, 2.24) is 14.5 Å². The second kappa shape index (κ2) is 11.9. The molecule has 8 nitrogen and oxygen atoms in total. The average Bonchev–Trinajstić information content (AvgIpc) is 2.87. The maximum Gasteiger partial charge on any atom is 0.335 e. The Labute approximate surface area is 247 Å². The van der Waals surface area contributed by atoms with E-state index in [1.54, 1.807) is 63.4 Å². The summed E-state index contributed by atoms with van der Waals surface area (Å²) >= 11 is 14.5. The van der Waals surface area contributed by atoms with Crippen molar-refractivity contribution in [3.05, 3.63) is 106 Å². The fourth-order valence-electron chi connectivity index (χ4n) is 4.13. The van der Waals surface area contributed by atoms with Crippen molar-refractivity contribution in [2.75, 3.05) is 0 Å². The Hall–Kier alpha value is -3.15. The van der Waals surface area contributed by atoms with E-state index in [0.717, 1.165) is 8.14 Å². The van der Waals surface area contributed by atoms with Gasteiger partial charge in [0.25, 0.3) is 11.5 Å². The molecule has 0 radical (unpaired) electrons. The van der Waals surface area contributed by atoms with E-state index in [1.165, 1.54) is 16.7 Å². The largest absolute Gasteiger partial charge is 0.461 e. The van der Waals surface area contributed by atoms with E-state index in [-0.39, 0.29) is 22.0 Å². The molecule has 0 saturated carbocycles. The lowest BCUT2D eigenvalue weighted by atomic mass is 10.0. The molecule has 1 N–H and O–H groups in total. The number of amides is 1. The highest BCUT2D eigenvalue weighted by Gasteiger charge is 2.26. The van der Waals surface area contributed by atoms with Crippen LogP contribution in [-0.2, 0) is 23.0 Å². The standard InChI is InChI=1S/C28H24Cl2IN3O5/c1-15(2)39-27(37)22(32-25(35)24-20(29)5-4-6-21(24)30)13-16-7-10-18(11-8-16)34-26(36)19-14-17(31)9-12-23(19)33(3)28(34)38/h4-12,14-15,22H,13H2,1-3H3,(H,32,35)/t22-/m0/s1. The van der Waals surface area contributed by atoms with Crippen LogP contribution in [-0.4, -0.2) is 33.2 Å². The molecule has 4 aromatic rings. The van der Waals surface area contributed by atoms with Crippen LogP contribution in [0.2, 0.25) is 10.0 Å². The highest BCUT2D eigenvalue weighted by molar-refractivity contribution is 14.1. The van der Waals surface area contributed by atoms with Crippen LogP contribution in [0.5, 0.6) is 0 Å². The molecule has 1 amide bonds. The molecule has 0 aliphatic carbocycles. The molecule has 0 aliphatic heterocycles. The zero-order valence-electron chi connectivity index (χ0n) is 21.2. The van der Waals surface area contributed by atoms with Crippen molar-refractivity contribution >= 4 is 68.6 Å². The Bertz CT molecular complexity index is 1680. The molecule has 1 atom stereocenters. The van der Waals surface area contributed by atoms with Gasteiger partial charge in [0.1, 0.15) is 6.04 Å². The monoisotopic (exact) mass is 679 g/mol. The normalized spacial score (nSPS) is 12.0. The summed E-state index contributed by atoms with van der Waals surface area (Å²) in [6.45, 7) is 3.42. The fraction of sp³-hybridized carbons (Fsp3) is 0.214. The van der Waals surface area contributed by atoms with Crippen LogP contribution in [0.1, 0.15) is 29.8 Å². The van der Waals surface area contributed by atoms with Crippen LogP contribution < -0.4 is 16.6 Å². The number of esters is 1. The third kappa shape index (κ3) is 6.21. The van der Waals surface area contributed by atoms with Gasteiger partial charge in [0.2, 0.25) is 0 Å². The van der Waals surface area contributed by atoms with Crippen molar-refractivity contribution in [2.24, 2.45) is 7.05 Å². The maximum atomic E-state index is 13.2. The molecule has 0 bridgehead atoms. The minimum atomic E-state index is -1.04. The smallest absolute Gasteiger partial charge is 0.335 e. The molecule has 0 aliphatic rings. The summed E-state index contributed by atoms with van der Waals surface area (Å²) in [5, 5.41) is 3.40. The maximum absolute atomic E-state index is 13.2. The van der Waals surface area contributed by atoms with E-state index >= 15 is 0 Å². The molecular formula is C28H24Cl2IN3O5. The number of aryl methyl sites for hydroxylation is 1. The molecule has 202 valence electrons. The van der Waals surface area contributed by atoms with Gasteiger partial charge >= 0.3 is 11.7 Å². The van der Waals surface area contributed by atoms with E-state index in [2.05, 4.69) is 27.9 Å². The average molecular weight is 680 g/mol. The summed E-state index contributed by atoms with van der Waals surface area (Å²) in [5.74, 6) is -1.24. The van der Waals surface area contributed by atoms with Gasteiger partial charge in [-0.1, -0.05) is 41.4 Å². The minimum absolute atomic E-state index is 0.0553. The Morgan fingerprint density at radius 1 is 1.00 bits per heavy atom. The number of aromatic nitrogens is 2. The molecule has 1 heterocycles. The summed E-state index contributed by atoms with van der Waals surface area (Å²) in [7, 11) is 1.61. The van der Waals surface area contributed by atoms with Gasteiger partial charge in [-0.05, 0) is 84.5 Å². The molecule has 39 heavy (non-hydrogen) atoms. The molecule has 1 aromatic heterocycles. The minimum Gasteiger partial charge on any atom is -0.461 e. The Kier molecular flexibility index (Phi) is 8.83. The first-order valence-corrected chi connectivity index (χ1v) is 13.8. The summed E-state index contributed by atoms with van der Waals surface area (Å²) in [6, 6.07) is 15.6. The van der Waals surface area contributed by atoms with Gasteiger partial charge in [-0.15, -0.1) is 0 Å².